The monoisotopic (exact) mass is 670 g/mol. The fraction of sp³-hybridized carbons (Fsp3) is 0.273. The van der Waals surface area contributed by atoms with Gasteiger partial charge in [-0.2, -0.15) is 26.3 Å². The smallest absolute Gasteiger partial charge is 0.338 e. The Morgan fingerprint density at radius 2 is 1.74 bits per heavy atom. The van der Waals surface area contributed by atoms with Gasteiger partial charge in [-0.25, -0.2) is 9.45 Å². The molecule has 0 radical (unpaired) electrons. The van der Waals surface area contributed by atoms with Crippen LogP contribution in [-0.2, 0) is 9.63 Å². The number of rotatable bonds is 6. The summed E-state index contributed by atoms with van der Waals surface area (Å²) in [6, 6.07) is 3.46. The summed E-state index contributed by atoms with van der Waals surface area (Å²) in [5, 5.41) is 1.57. The maximum absolute atomic E-state index is 14.9. The number of hydrogen-bond donors (Lipinski definition) is 1. The molecule has 1 aliphatic heterocycles. The molecule has 5 nitrogen and oxygen atoms in total. The lowest BCUT2D eigenvalue weighted by Gasteiger charge is -2.19. The molecule has 0 spiro atoms. The largest absolute Gasteiger partial charge is 0.408 e. The number of hydroxylamine groups is 2. The van der Waals surface area contributed by atoms with Gasteiger partial charge in [0.2, 0.25) is 0 Å². The van der Waals surface area contributed by atoms with Crippen molar-refractivity contribution in [1.82, 2.24) is 10.4 Å². The molecule has 0 saturated carbocycles. The standard InChI is InChI=1S/C22H13BrCl3F7N2O3/c23-13-3-9(16(27)6-12(22(31,32)33)10-4-14(24)18(26)15(25)5-10)1-2-11(13)19(36)34-17-7-38-35(20(17)37)8-21(28,29)30/h1-6,12,17H,7-8H2,(H,34,36)/b16-6-. The Kier molecular flexibility index (Phi) is 9.29. The van der Waals surface area contributed by atoms with Gasteiger partial charge in [-0.1, -0.05) is 40.9 Å². The molecule has 206 valence electrons. The van der Waals surface area contributed by atoms with Crippen LogP contribution in [0, 0.1) is 0 Å². The Balaban J connectivity index is 1.81. The van der Waals surface area contributed by atoms with Gasteiger partial charge in [-0.05, 0) is 51.8 Å². The van der Waals surface area contributed by atoms with E-state index in [4.69, 9.17) is 34.8 Å². The van der Waals surface area contributed by atoms with Crippen LogP contribution in [-0.4, -0.2) is 48.4 Å². The topological polar surface area (TPSA) is 58.6 Å². The van der Waals surface area contributed by atoms with E-state index >= 15 is 0 Å². The van der Waals surface area contributed by atoms with Crippen molar-refractivity contribution in [3.8, 4) is 0 Å². The molecule has 2 aromatic rings. The third kappa shape index (κ3) is 7.32. The predicted molar refractivity (Wildman–Crippen MR) is 128 cm³/mol. The van der Waals surface area contributed by atoms with E-state index in [1.54, 1.807) is 0 Å². The van der Waals surface area contributed by atoms with Gasteiger partial charge in [0.1, 0.15) is 30.9 Å². The Labute approximate surface area is 233 Å². The van der Waals surface area contributed by atoms with Crippen molar-refractivity contribution in [3.63, 3.8) is 0 Å². The molecule has 1 aliphatic rings. The van der Waals surface area contributed by atoms with Crippen LogP contribution in [0.25, 0.3) is 5.83 Å². The second kappa shape index (κ2) is 11.6. The summed E-state index contributed by atoms with van der Waals surface area (Å²) >= 11 is 20.4. The fourth-order valence-corrected chi connectivity index (χ4v) is 4.50. The first-order chi connectivity index (χ1) is 17.5. The van der Waals surface area contributed by atoms with Crippen molar-refractivity contribution in [2.75, 3.05) is 13.2 Å². The molecular formula is C22H13BrCl3F7N2O3. The quantitative estimate of drug-likeness (QED) is 0.256. The molecule has 2 amide bonds. The van der Waals surface area contributed by atoms with Crippen LogP contribution in [0.2, 0.25) is 15.1 Å². The van der Waals surface area contributed by atoms with E-state index in [9.17, 15) is 40.3 Å². The summed E-state index contributed by atoms with van der Waals surface area (Å²) in [5.41, 5.74) is -0.983. The van der Waals surface area contributed by atoms with E-state index < -0.39 is 60.7 Å². The number of amides is 2. The van der Waals surface area contributed by atoms with Gasteiger partial charge in [-0.3, -0.25) is 14.4 Å². The number of nitrogens with one attached hydrogen (secondary N) is 1. The van der Waals surface area contributed by atoms with Gasteiger partial charge in [0.25, 0.3) is 11.8 Å². The maximum atomic E-state index is 14.9. The summed E-state index contributed by atoms with van der Waals surface area (Å²) in [7, 11) is 0. The van der Waals surface area contributed by atoms with E-state index in [2.05, 4.69) is 26.1 Å². The van der Waals surface area contributed by atoms with Crippen molar-refractivity contribution < 1.29 is 45.2 Å². The molecule has 1 saturated heterocycles. The van der Waals surface area contributed by atoms with Gasteiger partial charge < -0.3 is 5.32 Å². The molecule has 2 aromatic carbocycles. The normalized spacial score (nSPS) is 17.7. The van der Waals surface area contributed by atoms with E-state index in [1.165, 1.54) is 0 Å². The van der Waals surface area contributed by atoms with Gasteiger partial charge in [0.05, 0.1) is 20.6 Å². The molecule has 1 heterocycles. The average molecular weight is 673 g/mol. The van der Waals surface area contributed by atoms with Crippen molar-refractivity contribution in [2.45, 2.75) is 24.3 Å². The van der Waals surface area contributed by atoms with E-state index in [0.29, 0.717) is 6.08 Å². The molecule has 1 fully saturated rings. The Morgan fingerprint density at radius 1 is 1.13 bits per heavy atom. The molecule has 38 heavy (non-hydrogen) atoms. The van der Waals surface area contributed by atoms with Crippen LogP contribution in [0.1, 0.15) is 27.4 Å². The minimum atomic E-state index is -4.94. The third-order valence-corrected chi connectivity index (χ3v) is 6.94. The zero-order chi connectivity index (χ0) is 28.6. The molecule has 0 aromatic heterocycles. The third-order valence-electron chi connectivity index (χ3n) is 5.09. The Bertz CT molecular complexity index is 1260. The summed E-state index contributed by atoms with van der Waals surface area (Å²) < 4.78 is 93.6. The average Bonchev–Trinajstić information content (AvgIpc) is 3.11. The van der Waals surface area contributed by atoms with Crippen molar-refractivity contribution in [3.05, 3.63) is 72.6 Å². The molecule has 0 aliphatic carbocycles. The van der Waals surface area contributed by atoms with E-state index in [0.717, 1.165) is 30.3 Å². The van der Waals surface area contributed by atoms with Crippen LogP contribution in [0.4, 0.5) is 30.7 Å². The number of carbonyl (C=O) groups excluding carboxylic acids is 2. The van der Waals surface area contributed by atoms with Gasteiger partial charge in [0, 0.05) is 10.0 Å². The number of carbonyl (C=O) groups is 2. The summed E-state index contributed by atoms with van der Waals surface area (Å²) in [4.78, 5) is 29.2. The zero-order valence-corrected chi connectivity index (χ0v) is 22.2. The first-order valence-corrected chi connectivity index (χ1v) is 12.1. The minimum absolute atomic E-state index is 0.0708. The Hall–Kier alpha value is -2.06. The fourth-order valence-electron chi connectivity index (χ4n) is 3.32. The highest BCUT2D eigenvalue weighted by Gasteiger charge is 2.42. The van der Waals surface area contributed by atoms with Crippen molar-refractivity contribution in [2.24, 2.45) is 0 Å². The summed E-state index contributed by atoms with van der Waals surface area (Å²) in [5.74, 6) is -5.81. The highest BCUT2D eigenvalue weighted by atomic mass is 79.9. The molecule has 3 rings (SSSR count). The van der Waals surface area contributed by atoms with Gasteiger partial charge >= 0.3 is 12.4 Å². The van der Waals surface area contributed by atoms with E-state index in [-0.39, 0.29) is 35.7 Å². The summed E-state index contributed by atoms with van der Waals surface area (Å²) in [6.07, 6.45) is -9.37. The van der Waals surface area contributed by atoms with Crippen LogP contribution >= 0.6 is 50.7 Å². The number of alkyl halides is 6. The molecule has 1 N–H and O–H groups in total. The molecule has 0 bridgehead atoms. The van der Waals surface area contributed by atoms with Gasteiger partial charge in [0.15, 0.2) is 0 Å². The first kappa shape index (κ1) is 30.5. The SMILES string of the molecule is O=C(NC1CON(CC(F)(F)F)C1=O)c1ccc(/C(F)=C/C(c2cc(Cl)c(Cl)c(Cl)c2)C(F)(F)F)cc1Br. The predicted octanol–water partition coefficient (Wildman–Crippen LogP) is 7.50. The molecule has 16 heteroatoms. The van der Waals surface area contributed by atoms with Crippen LogP contribution in [0.3, 0.4) is 0 Å². The minimum Gasteiger partial charge on any atom is -0.338 e. The van der Waals surface area contributed by atoms with Crippen LogP contribution in [0.15, 0.2) is 40.9 Å². The number of benzene rings is 2. The lowest BCUT2D eigenvalue weighted by Crippen LogP contribution is -2.44. The van der Waals surface area contributed by atoms with Crippen LogP contribution in [0.5, 0.6) is 0 Å². The van der Waals surface area contributed by atoms with Gasteiger partial charge in [-0.15, -0.1) is 0 Å². The Morgan fingerprint density at radius 3 is 2.26 bits per heavy atom. The lowest BCUT2D eigenvalue weighted by molar-refractivity contribution is -0.214. The zero-order valence-electron chi connectivity index (χ0n) is 18.4. The highest BCUT2D eigenvalue weighted by molar-refractivity contribution is 9.10. The second-order valence-electron chi connectivity index (χ2n) is 7.84. The van der Waals surface area contributed by atoms with E-state index in [1.807, 2.05) is 0 Å². The number of nitrogens with zero attached hydrogens (tertiary/aromatic N) is 1. The number of allylic oxidation sites excluding steroid dienone is 1. The highest BCUT2D eigenvalue weighted by Crippen LogP contribution is 2.42. The van der Waals surface area contributed by atoms with Crippen molar-refractivity contribution >= 4 is 68.4 Å². The maximum Gasteiger partial charge on any atom is 0.408 e. The number of halogens is 11. The lowest BCUT2D eigenvalue weighted by atomic mass is 9.96. The first-order valence-electron chi connectivity index (χ1n) is 10.2. The molecular weight excluding hydrogens is 660 g/mol. The van der Waals surface area contributed by atoms with Crippen molar-refractivity contribution in [1.29, 1.82) is 0 Å². The molecule has 2 unspecified atom stereocenters. The molecule has 2 atom stereocenters. The number of hydrogen-bond acceptors (Lipinski definition) is 3. The summed E-state index contributed by atoms with van der Waals surface area (Å²) in [6.45, 7) is -2.22. The second-order valence-corrected chi connectivity index (χ2v) is 9.89. The van der Waals surface area contributed by atoms with Crippen LogP contribution < -0.4 is 5.32 Å².